The Morgan fingerprint density at radius 1 is 1.13 bits per heavy atom. The predicted molar refractivity (Wildman–Crippen MR) is 113 cm³/mol. The number of aromatic nitrogens is 2. The van der Waals surface area contributed by atoms with Gasteiger partial charge in [0.25, 0.3) is 5.91 Å². The number of carbonyl (C=O) groups is 1. The SMILES string of the molecule is C[C@@]1(Cc2ccc(C#N)cc2)C(=O)N(c2cc(Cl)cc(Cl)c2)c2ncc([SH](=O)=O)n21. The van der Waals surface area contributed by atoms with E-state index in [9.17, 15) is 13.2 Å². The van der Waals surface area contributed by atoms with Crippen LogP contribution < -0.4 is 4.90 Å². The van der Waals surface area contributed by atoms with Crippen molar-refractivity contribution in [2.75, 3.05) is 4.90 Å². The van der Waals surface area contributed by atoms with Crippen LogP contribution in [0.4, 0.5) is 11.6 Å². The van der Waals surface area contributed by atoms with Crippen molar-refractivity contribution in [3.63, 3.8) is 0 Å². The largest absolute Gasteiger partial charge is 0.285 e. The first-order valence-electron chi connectivity index (χ1n) is 8.77. The second-order valence-corrected chi connectivity index (χ2v) is 8.88. The normalized spacial score (nSPS) is 18.0. The summed E-state index contributed by atoms with van der Waals surface area (Å²) < 4.78 is 25.2. The quantitative estimate of drug-likeness (QED) is 0.599. The van der Waals surface area contributed by atoms with E-state index < -0.39 is 16.2 Å². The summed E-state index contributed by atoms with van der Waals surface area (Å²) in [5.74, 6) is -0.199. The van der Waals surface area contributed by atoms with Gasteiger partial charge in [0.2, 0.25) is 5.95 Å². The molecule has 30 heavy (non-hydrogen) atoms. The number of nitrogens with zero attached hydrogens (tertiary/aromatic N) is 4. The van der Waals surface area contributed by atoms with Gasteiger partial charge in [0, 0.05) is 16.5 Å². The highest BCUT2D eigenvalue weighted by Gasteiger charge is 2.50. The van der Waals surface area contributed by atoms with E-state index >= 15 is 0 Å². The molecule has 0 spiro atoms. The van der Waals surface area contributed by atoms with Crippen LogP contribution in [0.15, 0.2) is 53.7 Å². The second-order valence-electron chi connectivity index (χ2n) is 7.04. The van der Waals surface area contributed by atoms with Crippen molar-refractivity contribution in [2.45, 2.75) is 23.9 Å². The second kappa shape index (κ2) is 7.43. The van der Waals surface area contributed by atoms with Crippen molar-refractivity contribution in [3.8, 4) is 6.07 Å². The van der Waals surface area contributed by atoms with E-state index in [-0.39, 0.29) is 23.3 Å². The average Bonchev–Trinajstić information content (AvgIpc) is 3.21. The molecule has 1 atom stereocenters. The van der Waals surface area contributed by atoms with Gasteiger partial charge >= 0.3 is 0 Å². The zero-order valence-corrected chi connectivity index (χ0v) is 17.9. The number of thiol groups is 1. The topological polar surface area (TPSA) is 96.1 Å². The highest BCUT2D eigenvalue weighted by Crippen LogP contribution is 2.43. The number of hydrogen-bond acceptors (Lipinski definition) is 5. The summed E-state index contributed by atoms with van der Waals surface area (Å²) in [4.78, 5) is 19.1. The molecule has 0 bridgehead atoms. The number of fused-ring (bicyclic) bond motifs is 1. The maximum atomic E-state index is 13.6. The molecule has 0 unspecified atom stereocenters. The predicted octanol–water partition coefficient (Wildman–Crippen LogP) is 3.67. The Morgan fingerprint density at radius 2 is 1.77 bits per heavy atom. The van der Waals surface area contributed by atoms with Crippen LogP contribution in [0.2, 0.25) is 10.0 Å². The third-order valence-electron chi connectivity index (χ3n) is 5.01. The zero-order valence-electron chi connectivity index (χ0n) is 15.5. The Morgan fingerprint density at radius 3 is 2.33 bits per heavy atom. The van der Waals surface area contributed by atoms with Crippen LogP contribution in [0, 0.1) is 11.3 Å². The standard InChI is InChI=1S/C20H14Cl2N4O3S/c1-20(9-12-2-4-13(10-23)5-3-12)18(27)25(16-7-14(21)6-15(22)8-16)19-24-11-17(26(19)20)30(28)29/h2-8,11,30H,9H2,1H3/t20-/m1/s1. The zero-order chi connectivity index (χ0) is 21.6. The molecule has 2 aromatic carbocycles. The van der Waals surface area contributed by atoms with Crippen LogP contribution in [0.5, 0.6) is 0 Å². The molecule has 1 aliphatic rings. The lowest BCUT2D eigenvalue weighted by Gasteiger charge is -2.26. The van der Waals surface area contributed by atoms with Crippen molar-refractivity contribution in [2.24, 2.45) is 0 Å². The number of nitriles is 1. The molecule has 1 aliphatic heterocycles. The van der Waals surface area contributed by atoms with E-state index in [1.165, 1.54) is 21.7 Å². The first kappa shape index (κ1) is 20.4. The van der Waals surface area contributed by atoms with Gasteiger partial charge in [0.15, 0.2) is 15.7 Å². The van der Waals surface area contributed by atoms with Crippen LogP contribution in [0.25, 0.3) is 0 Å². The lowest BCUT2D eigenvalue weighted by atomic mass is 9.91. The Hall–Kier alpha value is -2.86. The van der Waals surface area contributed by atoms with Crippen LogP contribution in [0.1, 0.15) is 18.1 Å². The molecular formula is C20H14Cl2N4O3S. The summed E-state index contributed by atoms with van der Waals surface area (Å²) >= 11 is 12.2. The number of benzene rings is 2. The van der Waals surface area contributed by atoms with E-state index in [4.69, 9.17) is 28.5 Å². The molecule has 2 heterocycles. The Bertz CT molecular complexity index is 1270. The van der Waals surface area contributed by atoms with Crippen LogP contribution in [-0.2, 0) is 27.5 Å². The van der Waals surface area contributed by atoms with E-state index in [1.807, 2.05) is 6.07 Å². The molecule has 1 amide bonds. The molecule has 0 aliphatic carbocycles. The minimum absolute atomic E-state index is 0.0693. The Kier molecular flexibility index (Phi) is 5.06. The van der Waals surface area contributed by atoms with Crippen LogP contribution in [0.3, 0.4) is 0 Å². The highest BCUT2D eigenvalue weighted by molar-refractivity contribution is 7.72. The van der Waals surface area contributed by atoms with Gasteiger partial charge in [-0.2, -0.15) is 5.26 Å². The molecule has 7 nitrogen and oxygen atoms in total. The maximum Gasteiger partial charge on any atom is 0.260 e. The summed E-state index contributed by atoms with van der Waals surface area (Å²) in [6, 6.07) is 13.5. The van der Waals surface area contributed by atoms with E-state index in [0.717, 1.165) is 5.56 Å². The molecular weight excluding hydrogens is 447 g/mol. The number of amides is 1. The van der Waals surface area contributed by atoms with Gasteiger partial charge in [0.1, 0.15) is 5.54 Å². The van der Waals surface area contributed by atoms with Gasteiger partial charge in [-0.1, -0.05) is 35.3 Å². The molecule has 10 heteroatoms. The maximum absolute atomic E-state index is 13.6. The fourth-order valence-corrected chi connectivity index (χ4v) is 4.81. The number of hydrogen-bond donors (Lipinski definition) is 1. The van der Waals surface area contributed by atoms with Crippen molar-refractivity contribution in [1.82, 2.24) is 9.55 Å². The van der Waals surface area contributed by atoms with Crippen molar-refractivity contribution in [3.05, 3.63) is 69.8 Å². The summed E-state index contributed by atoms with van der Waals surface area (Å²) in [5, 5.41) is 9.59. The smallest absolute Gasteiger partial charge is 0.260 e. The van der Waals surface area contributed by atoms with Crippen molar-refractivity contribution >= 4 is 51.4 Å². The van der Waals surface area contributed by atoms with Gasteiger partial charge in [-0.25, -0.2) is 18.3 Å². The van der Waals surface area contributed by atoms with Crippen molar-refractivity contribution < 1.29 is 13.2 Å². The van der Waals surface area contributed by atoms with E-state index in [2.05, 4.69) is 4.98 Å². The highest BCUT2D eigenvalue weighted by atomic mass is 35.5. The first-order chi connectivity index (χ1) is 14.2. The third kappa shape index (κ3) is 3.25. The summed E-state index contributed by atoms with van der Waals surface area (Å²) in [5.41, 5.74) is 0.381. The summed E-state index contributed by atoms with van der Waals surface area (Å²) in [7, 11) is -3.00. The molecule has 3 aromatic rings. The third-order valence-corrected chi connectivity index (χ3v) is 6.13. The van der Waals surface area contributed by atoms with Gasteiger partial charge in [0.05, 0.1) is 23.5 Å². The minimum atomic E-state index is -3.00. The summed E-state index contributed by atoms with van der Waals surface area (Å²) in [6.07, 6.45) is 1.42. The lowest BCUT2D eigenvalue weighted by molar-refractivity contribution is -0.124. The lowest BCUT2D eigenvalue weighted by Crippen LogP contribution is -2.41. The van der Waals surface area contributed by atoms with Gasteiger partial charge < -0.3 is 0 Å². The van der Waals surface area contributed by atoms with Crippen LogP contribution in [-0.4, -0.2) is 23.9 Å². The minimum Gasteiger partial charge on any atom is -0.285 e. The first-order valence-corrected chi connectivity index (χ1v) is 10.7. The van der Waals surface area contributed by atoms with Crippen LogP contribution >= 0.6 is 23.2 Å². The van der Waals surface area contributed by atoms with E-state index in [0.29, 0.717) is 21.3 Å². The molecule has 0 saturated carbocycles. The van der Waals surface area contributed by atoms with E-state index in [1.54, 1.807) is 43.3 Å². The monoisotopic (exact) mass is 460 g/mol. The molecule has 1 aromatic heterocycles. The molecule has 4 rings (SSSR count). The molecule has 0 saturated heterocycles. The summed E-state index contributed by atoms with van der Waals surface area (Å²) in [6.45, 7) is 1.66. The number of imidazole rings is 1. The fourth-order valence-electron chi connectivity index (χ4n) is 3.67. The number of carbonyl (C=O) groups excluding carboxylic acids is 1. The van der Waals surface area contributed by atoms with Gasteiger partial charge in [-0.15, -0.1) is 0 Å². The molecule has 152 valence electrons. The Balaban J connectivity index is 1.88. The molecule has 0 radical (unpaired) electrons. The molecule has 0 fully saturated rings. The van der Waals surface area contributed by atoms with Gasteiger partial charge in [-0.05, 0) is 42.8 Å². The Labute approximate surface area is 184 Å². The average molecular weight is 461 g/mol. The number of anilines is 2. The van der Waals surface area contributed by atoms with Crippen molar-refractivity contribution in [1.29, 1.82) is 5.26 Å². The number of halogens is 2. The number of rotatable bonds is 4. The van der Waals surface area contributed by atoms with Gasteiger partial charge in [-0.3, -0.25) is 9.36 Å². The molecule has 0 N–H and O–H groups in total. The fraction of sp³-hybridized carbons (Fsp3) is 0.150.